The molecule has 0 bridgehead atoms. The highest BCUT2D eigenvalue weighted by Crippen LogP contribution is 2.43. The van der Waals surface area contributed by atoms with Crippen LogP contribution in [0.5, 0.6) is 0 Å². The highest BCUT2D eigenvalue weighted by Gasteiger charge is 2.46. The Labute approximate surface area is 115 Å². The van der Waals surface area contributed by atoms with E-state index in [-0.39, 0.29) is 17.8 Å². The first-order valence-electron chi connectivity index (χ1n) is 5.62. The summed E-state index contributed by atoms with van der Waals surface area (Å²) < 4.78 is 0. The Morgan fingerprint density at radius 3 is 2.25 bits per heavy atom. The van der Waals surface area contributed by atoms with Crippen molar-refractivity contribution in [2.45, 2.75) is 26.2 Å². The SMILES string of the molecule is CCN1C(=S)CC2(CCN(C)CC2)C1=S.Cl. The third-order valence-corrected chi connectivity index (χ3v) is 4.77. The predicted molar refractivity (Wildman–Crippen MR) is 78.6 cm³/mol. The number of halogens is 1. The number of rotatable bonds is 1. The Kier molecular flexibility index (Phi) is 4.69. The van der Waals surface area contributed by atoms with Gasteiger partial charge in [0.15, 0.2) is 0 Å². The molecule has 2 aliphatic rings. The number of hydrogen-bond donors (Lipinski definition) is 0. The summed E-state index contributed by atoms with van der Waals surface area (Å²) in [4.78, 5) is 6.72. The van der Waals surface area contributed by atoms with Crippen molar-refractivity contribution in [1.82, 2.24) is 9.80 Å². The average Bonchev–Trinajstić information content (AvgIpc) is 2.44. The second kappa shape index (κ2) is 5.25. The highest BCUT2D eigenvalue weighted by molar-refractivity contribution is 7.82. The molecule has 2 nitrogen and oxygen atoms in total. The molecule has 1 spiro atoms. The Bertz CT molecular complexity index is 298. The van der Waals surface area contributed by atoms with Crippen LogP contribution in [0.1, 0.15) is 26.2 Å². The van der Waals surface area contributed by atoms with Gasteiger partial charge in [0, 0.05) is 18.4 Å². The summed E-state index contributed by atoms with van der Waals surface area (Å²) in [5.41, 5.74) is 0.231. The molecule has 0 aromatic carbocycles. The number of likely N-dealkylation sites (tertiary alicyclic amines) is 2. The highest BCUT2D eigenvalue weighted by atomic mass is 35.5. The Hall–Kier alpha value is 0.230. The van der Waals surface area contributed by atoms with Gasteiger partial charge in [-0.25, -0.2) is 0 Å². The van der Waals surface area contributed by atoms with E-state index in [1.54, 1.807) is 0 Å². The van der Waals surface area contributed by atoms with Crippen LogP contribution in [0.25, 0.3) is 0 Å². The van der Waals surface area contributed by atoms with E-state index < -0.39 is 0 Å². The van der Waals surface area contributed by atoms with Gasteiger partial charge in [0.2, 0.25) is 0 Å². The first kappa shape index (κ1) is 14.3. The van der Waals surface area contributed by atoms with Crippen molar-refractivity contribution < 1.29 is 0 Å². The first-order valence-corrected chi connectivity index (χ1v) is 6.44. The fraction of sp³-hybridized carbons (Fsp3) is 0.818. The van der Waals surface area contributed by atoms with Crippen molar-refractivity contribution in [2.24, 2.45) is 5.41 Å². The largest absolute Gasteiger partial charge is 0.330 e. The molecule has 2 fully saturated rings. The maximum atomic E-state index is 5.61. The molecule has 0 N–H and O–H groups in total. The lowest BCUT2D eigenvalue weighted by atomic mass is 9.78. The molecule has 0 saturated carbocycles. The van der Waals surface area contributed by atoms with Gasteiger partial charge in [-0.1, -0.05) is 24.4 Å². The lowest BCUT2D eigenvalue weighted by molar-refractivity contribution is 0.189. The van der Waals surface area contributed by atoms with Crippen LogP contribution >= 0.6 is 36.8 Å². The van der Waals surface area contributed by atoms with Gasteiger partial charge in [-0.3, -0.25) is 0 Å². The van der Waals surface area contributed by atoms with Crippen molar-refractivity contribution >= 4 is 46.8 Å². The summed E-state index contributed by atoms with van der Waals surface area (Å²) in [6.45, 7) is 5.38. The molecule has 16 heavy (non-hydrogen) atoms. The van der Waals surface area contributed by atoms with E-state index in [1.807, 2.05) is 0 Å². The lowest BCUT2D eigenvalue weighted by Crippen LogP contribution is -2.42. The van der Waals surface area contributed by atoms with Gasteiger partial charge in [0.05, 0.1) is 9.98 Å². The maximum absolute atomic E-state index is 5.61. The van der Waals surface area contributed by atoms with Crippen molar-refractivity contribution in [3.05, 3.63) is 0 Å². The molecule has 2 rings (SSSR count). The number of hydrogen-bond acceptors (Lipinski definition) is 3. The summed E-state index contributed by atoms with van der Waals surface area (Å²) in [6, 6.07) is 0. The van der Waals surface area contributed by atoms with Crippen LogP contribution in [0.15, 0.2) is 0 Å². The van der Waals surface area contributed by atoms with Crippen molar-refractivity contribution in [3.8, 4) is 0 Å². The fourth-order valence-corrected chi connectivity index (χ4v) is 3.69. The quantitative estimate of drug-likeness (QED) is 0.680. The summed E-state index contributed by atoms with van der Waals surface area (Å²) in [5, 5.41) is 0. The number of thiocarbonyl (C=S) groups is 2. The molecule has 0 atom stereocenters. The van der Waals surface area contributed by atoms with Crippen molar-refractivity contribution in [1.29, 1.82) is 0 Å². The fourth-order valence-electron chi connectivity index (χ4n) is 2.62. The Morgan fingerprint density at radius 1 is 1.25 bits per heavy atom. The minimum Gasteiger partial charge on any atom is -0.330 e. The molecule has 0 unspecified atom stereocenters. The zero-order valence-electron chi connectivity index (χ0n) is 9.86. The second-order valence-electron chi connectivity index (χ2n) is 4.70. The van der Waals surface area contributed by atoms with Gasteiger partial charge in [-0.05, 0) is 39.9 Å². The topological polar surface area (TPSA) is 6.48 Å². The first-order chi connectivity index (χ1) is 7.09. The third kappa shape index (κ3) is 2.26. The van der Waals surface area contributed by atoms with Crippen molar-refractivity contribution in [3.63, 3.8) is 0 Å². The molecule has 0 amide bonds. The monoisotopic (exact) mass is 278 g/mol. The summed E-state index contributed by atoms with van der Waals surface area (Å²) in [6.07, 6.45) is 3.38. The molecule has 0 aromatic heterocycles. The van der Waals surface area contributed by atoms with Gasteiger partial charge in [-0.15, -0.1) is 12.4 Å². The molecular weight excluding hydrogens is 260 g/mol. The summed E-state index contributed by atoms with van der Waals surface area (Å²) >= 11 is 11.0. The zero-order chi connectivity index (χ0) is 11.1. The van der Waals surface area contributed by atoms with Crippen LogP contribution in [-0.2, 0) is 0 Å². The summed E-state index contributed by atoms with van der Waals surface area (Å²) in [7, 11) is 2.18. The van der Waals surface area contributed by atoms with Gasteiger partial charge >= 0.3 is 0 Å². The molecule has 2 heterocycles. The van der Waals surface area contributed by atoms with Gasteiger partial charge < -0.3 is 9.80 Å². The Morgan fingerprint density at radius 2 is 1.81 bits per heavy atom. The predicted octanol–water partition coefficient (Wildman–Crippen LogP) is 2.50. The minimum absolute atomic E-state index is 0. The van der Waals surface area contributed by atoms with Gasteiger partial charge in [0.1, 0.15) is 0 Å². The van der Waals surface area contributed by atoms with Crippen LogP contribution in [0.3, 0.4) is 0 Å². The molecule has 0 aliphatic carbocycles. The van der Waals surface area contributed by atoms with Crippen molar-refractivity contribution in [2.75, 3.05) is 26.7 Å². The van der Waals surface area contributed by atoms with E-state index in [2.05, 4.69) is 23.8 Å². The average molecular weight is 279 g/mol. The number of piperidine rings is 1. The van der Waals surface area contributed by atoms with E-state index in [0.29, 0.717) is 0 Å². The van der Waals surface area contributed by atoms with Crippen LogP contribution in [0.4, 0.5) is 0 Å². The molecule has 5 heteroatoms. The maximum Gasteiger partial charge on any atom is 0.0895 e. The van der Waals surface area contributed by atoms with Gasteiger partial charge in [0.25, 0.3) is 0 Å². The Balaban J connectivity index is 0.00000128. The zero-order valence-corrected chi connectivity index (χ0v) is 12.3. The van der Waals surface area contributed by atoms with Crippen LogP contribution < -0.4 is 0 Å². The molecule has 92 valence electrons. The van der Waals surface area contributed by atoms with E-state index in [1.165, 1.54) is 12.8 Å². The molecule has 2 aliphatic heterocycles. The van der Waals surface area contributed by atoms with E-state index in [9.17, 15) is 0 Å². The van der Waals surface area contributed by atoms with E-state index >= 15 is 0 Å². The van der Waals surface area contributed by atoms with Crippen LogP contribution in [0, 0.1) is 5.41 Å². The molecular formula is C11H19ClN2S2. The smallest absolute Gasteiger partial charge is 0.0895 e. The lowest BCUT2D eigenvalue weighted by Gasteiger charge is -2.37. The molecule has 0 aromatic rings. The van der Waals surface area contributed by atoms with E-state index in [0.717, 1.165) is 36.0 Å². The molecule has 2 saturated heterocycles. The summed E-state index contributed by atoms with van der Waals surface area (Å²) in [5.74, 6) is 0. The van der Waals surface area contributed by atoms with Crippen LogP contribution in [-0.4, -0.2) is 46.5 Å². The molecule has 0 radical (unpaired) electrons. The minimum atomic E-state index is 0. The number of nitrogens with zero attached hydrogens (tertiary/aromatic N) is 2. The normalized spacial score (nSPS) is 25.0. The van der Waals surface area contributed by atoms with Gasteiger partial charge in [-0.2, -0.15) is 0 Å². The van der Waals surface area contributed by atoms with E-state index in [4.69, 9.17) is 24.4 Å². The second-order valence-corrected chi connectivity index (χ2v) is 5.56. The standard InChI is InChI=1S/C11H18N2S2.ClH/c1-3-13-9(14)8-11(10(13)15)4-6-12(2)7-5-11;/h3-8H2,1-2H3;1H. The van der Waals surface area contributed by atoms with Crippen LogP contribution in [0.2, 0.25) is 0 Å². The third-order valence-electron chi connectivity index (χ3n) is 3.75.